The summed E-state index contributed by atoms with van der Waals surface area (Å²) in [5, 5.41) is 0. The number of benzene rings is 1. The molecule has 0 fully saturated rings. The van der Waals surface area contributed by atoms with E-state index in [-0.39, 0.29) is 6.04 Å². The molecule has 0 aromatic heterocycles. The molecule has 1 aliphatic carbocycles. The Labute approximate surface area is 121 Å². The van der Waals surface area contributed by atoms with Gasteiger partial charge >= 0.3 is 0 Å². The van der Waals surface area contributed by atoms with Gasteiger partial charge in [-0.05, 0) is 48.9 Å². The molecule has 0 radical (unpaired) electrons. The highest BCUT2D eigenvalue weighted by atomic mass is 16.5. The van der Waals surface area contributed by atoms with Crippen molar-refractivity contribution in [2.24, 2.45) is 5.73 Å². The third kappa shape index (κ3) is 4.47. The van der Waals surface area contributed by atoms with Crippen molar-refractivity contribution in [3.63, 3.8) is 0 Å². The van der Waals surface area contributed by atoms with E-state index in [9.17, 15) is 0 Å². The lowest BCUT2D eigenvalue weighted by Gasteiger charge is -2.22. The van der Waals surface area contributed by atoms with Crippen LogP contribution in [-0.4, -0.2) is 33.5 Å². The largest absolute Gasteiger partial charge is 0.491 e. The summed E-state index contributed by atoms with van der Waals surface area (Å²) in [6, 6.07) is 6.42. The normalized spacial score (nSPS) is 17.8. The van der Waals surface area contributed by atoms with Gasteiger partial charge in [-0.3, -0.25) is 0 Å². The van der Waals surface area contributed by atoms with E-state index >= 15 is 0 Å². The zero-order chi connectivity index (χ0) is 14.2. The van der Waals surface area contributed by atoms with Gasteiger partial charge in [-0.1, -0.05) is 6.07 Å². The van der Waals surface area contributed by atoms with E-state index in [1.165, 1.54) is 17.5 Å². The quantitative estimate of drug-likeness (QED) is 0.743. The molecule has 0 aliphatic heterocycles. The summed E-state index contributed by atoms with van der Waals surface area (Å²) in [6.07, 6.45) is 4.30. The second-order valence-electron chi connectivity index (χ2n) is 5.17. The van der Waals surface area contributed by atoms with Gasteiger partial charge in [0, 0.05) is 26.4 Å². The van der Waals surface area contributed by atoms with E-state index < -0.39 is 0 Å². The molecular formula is C16H25NO3. The summed E-state index contributed by atoms with van der Waals surface area (Å²) in [5.74, 6) is 0.890. The number of hydrogen-bond donors (Lipinski definition) is 1. The number of rotatable bonds is 8. The molecule has 0 heterocycles. The van der Waals surface area contributed by atoms with Crippen LogP contribution in [0.25, 0.3) is 0 Å². The van der Waals surface area contributed by atoms with Crippen molar-refractivity contribution in [3.05, 3.63) is 29.3 Å². The fourth-order valence-corrected chi connectivity index (χ4v) is 2.53. The van der Waals surface area contributed by atoms with E-state index in [1.54, 1.807) is 7.11 Å². The number of aryl methyl sites for hydroxylation is 1. The summed E-state index contributed by atoms with van der Waals surface area (Å²) in [7, 11) is 1.70. The van der Waals surface area contributed by atoms with Crippen molar-refractivity contribution in [2.45, 2.75) is 31.7 Å². The third-order valence-corrected chi connectivity index (χ3v) is 3.61. The molecule has 0 saturated carbocycles. The minimum Gasteiger partial charge on any atom is -0.491 e. The first kappa shape index (κ1) is 15.3. The Morgan fingerprint density at radius 3 is 2.95 bits per heavy atom. The highest BCUT2D eigenvalue weighted by molar-refractivity contribution is 5.39. The fraction of sp³-hybridized carbons (Fsp3) is 0.625. The maximum atomic E-state index is 6.15. The molecule has 0 amide bonds. The lowest BCUT2D eigenvalue weighted by atomic mass is 9.88. The summed E-state index contributed by atoms with van der Waals surface area (Å²) in [5.41, 5.74) is 8.76. The van der Waals surface area contributed by atoms with E-state index in [4.69, 9.17) is 19.9 Å². The SMILES string of the molecule is COCCCOCCOc1ccc2c(c1)C(N)CCC2. The standard InChI is InChI=1S/C16H25NO3/c1-18-8-3-9-19-10-11-20-14-7-6-13-4-2-5-16(17)15(13)12-14/h6-7,12,16H,2-5,8-11,17H2,1H3. The molecule has 0 saturated heterocycles. The van der Waals surface area contributed by atoms with Crippen LogP contribution in [-0.2, 0) is 15.9 Å². The second kappa shape index (κ2) is 8.25. The first-order chi connectivity index (χ1) is 9.81. The van der Waals surface area contributed by atoms with Crippen molar-refractivity contribution < 1.29 is 14.2 Å². The van der Waals surface area contributed by atoms with Gasteiger partial charge in [0.05, 0.1) is 6.61 Å². The molecule has 4 heteroatoms. The number of hydrogen-bond acceptors (Lipinski definition) is 4. The van der Waals surface area contributed by atoms with E-state index in [2.05, 4.69) is 12.1 Å². The van der Waals surface area contributed by atoms with Crippen LogP contribution in [0.3, 0.4) is 0 Å². The average molecular weight is 279 g/mol. The van der Waals surface area contributed by atoms with Gasteiger partial charge in [0.2, 0.25) is 0 Å². The highest BCUT2D eigenvalue weighted by Crippen LogP contribution is 2.30. The maximum Gasteiger partial charge on any atom is 0.119 e. The van der Waals surface area contributed by atoms with Crippen molar-refractivity contribution in [1.82, 2.24) is 0 Å². The third-order valence-electron chi connectivity index (χ3n) is 3.61. The topological polar surface area (TPSA) is 53.7 Å². The number of ether oxygens (including phenoxy) is 3. The molecule has 1 aromatic rings. The average Bonchev–Trinajstić information content (AvgIpc) is 2.47. The van der Waals surface area contributed by atoms with Crippen LogP contribution in [0, 0.1) is 0 Å². The molecule has 1 unspecified atom stereocenters. The molecule has 0 bridgehead atoms. The number of nitrogens with two attached hydrogens (primary N) is 1. The molecule has 2 N–H and O–H groups in total. The Kier molecular flexibility index (Phi) is 6.30. The maximum absolute atomic E-state index is 6.15. The second-order valence-corrected chi connectivity index (χ2v) is 5.17. The minimum atomic E-state index is 0.160. The van der Waals surface area contributed by atoms with Gasteiger partial charge in [0.25, 0.3) is 0 Å². The molecule has 112 valence electrons. The predicted octanol–water partition coefficient (Wildman–Crippen LogP) is 2.45. The summed E-state index contributed by atoms with van der Waals surface area (Å²) in [6.45, 7) is 2.63. The first-order valence-corrected chi connectivity index (χ1v) is 7.39. The van der Waals surface area contributed by atoms with Gasteiger partial charge in [0.1, 0.15) is 12.4 Å². The molecular weight excluding hydrogens is 254 g/mol. The predicted molar refractivity (Wildman–Crippen MR) is 79.1 cm³/mol. The van der Waals surface area contributed by atoms with Gasteiger partial charge < -0.3 is 19.9 Å². The summed E-state index contributed by atoms with van der Waals surface area (Å²) >= 11 is 0. The van der Waals surface area contributed by atoms with Crippen LogP contribution < -0.4 is 10.5 Å². The lowest BCUT2D eigenvalue weighted by Crippen LogP contribution is -2.17. The Balaban J connectivity index is 1.72. The molecule has 0 spiro atoms. The van der Waals surface area contributed by atoms with Crippen LogP contribution in [0.5, 0.6) is 5.75 Å². The minimum absolute atomic E-state index is 0.160. The monoisotopic (exact) mass is 279 g/mol. The van der Waals surface area contributed by atoms with E-state index in [1.807, 2.05) is 6.07 Å². The Hall–Kier alpha value is -1.10. The zero-order valence-corrected chi connectivity index (χ0v) is 12.3. The van der Waals surface area contributed by atoms with Crippen LogP contribution in [0.15, 0.2) is 18.2 Å². The molecule has 2 rings (SSSR count). The van der Waals surface area contributed by atoms with E-state index in [0.717, 1.165) is 31.6 Å². The summed E-state index contributed by atoms with van der Waals surface area (Å²) in [4.78, 5) is 0. The van der Waals surface area contributed by atoms with Crippen LogP contribution in [0.2, 0.25) is 0 Å². The Bertz CT molecular complexity index is 409. The van der Waals surface area contributed by atoms with Crippen molar-refractivity contribution in [3.8, 4) is 5.75 Å². The van der Waals surface area contributed by atoms with Gasteiger partial charge in [0.15, 0.2) is 0 Å². The van der Waals surface area contributed by atoms with Crippen molar-refractivity contribution in [1.29, 1.82) is 0 Å². The van der Waals surface area contributed by atoms with Crippen LogP contribution >= 0.6 is 0 Å². The Morgan fingerprint density at radius 2 is 2.10 bits per heavy atom. The number of methoxy groups -OCH3 is 1. The van der Waals surface area contributed by atoms with Crippen LogP contribution in [0.1, 0.15) is 36.4 Å². The molecule has 1 aromatic carbocycles. The molecule has 4 nitrogen and oxygen atoms in total. The van der Waals surface area contributed by atoms with Crippen LogP contribution in [0.4, 0.5) is 0 Å². The van der Waals surface area contributed by atoms with Gasteiger partial charge in [-0.2, -0.15) is 0 Å². The summed E-state index contributed by atoms with van der Waals surface area (Å²) < 4.78 is 16.1. The molecule has 1 aliphatic rings. The fourth-order valence-electron chi connectivity index (χ4n) is 2.53. The Morgan fingerprint density at radius 1 is 1.20 bits per heavy atom. The number of fused-ring (bicyclic) bond motifs is 1. The molecule has 20 heavy (non-hydrogen) atoms. The lowest BCUT2D eigenvalue weighted by molar-refractivity contribution is 0.0806. The molecule has 1 atom stereocenters. The van der Waals surface area contributed by atoms with Gasteiger partial charge in [-0.15, -0.1) is 0 Å². The highest BCUT2D eigenvalue weighted by Gasteiger charge is 2.17. The van der Waals surface area contributed by atoms with Gasteiger partial charge in [-0.25, -0.2) is 0 Å². The van der Waals surface area contributed by atoms with Crippen molar-refractivity contribution >= 4 is 0 Å². The zero-order valence-electron chi connectivity index (χ0n) is 12.3. The first-order valence-electron chi connectivity index (χ1n) is 7.39. The smallest absolute Gasteiger partial charge is 0.119 e. The van der Waals surface area contributed by atoms with E-state index in [0.29, 0.717) is 19.8 Å². The van der Waals surface area contributed by atoms with Crippen molar-refractivity contribution in [2.75, 3.05) is 33.5 Å².